The third-order valence-electron chi connectivity index (χ3n) is 2.26. The van der Waals surface area contributed by atoms with Crippen molar-refractivity contribution in [1.29, 1.82) is 0 Å². The Labute approximate surface area is 115 Å². The van der Waals surface area contributed by atoms with Gasteiger partial charge < -0.3 is 20.5 Å². The number of carboxylic acids is 1. The predicted octanol–water partition coefficient (Wildman–Crippen LogP) is 2.33. The van der Waals surface area contributed by atoms with E-state index in [1.54, 1.807) is 18.2 Å². The number of rotatable bonds is 6. The number of benzene rings is 1. The van der Waals surface area contributed by atoms with E-state index in [1.807, 2.05) is 0 Å². The first kappa shape index (κ1) is 15.1. The number of carbonyl (C=O) groups excluding carboxylic acids is 1. The Balaban J connectivity index is 2.47. The molecule has 1 aromatic rings. The molecule has 19 heavy (non-hydrogen) atoms. The van der Waals surface area contributed by atoms with Gasteiger partial charge in [0.15, 0.2) is 0 Å². The maximum Gasteiger partial charge on any atom is 0.319 e. The molecule has 7 heteroatoms. The number of methoxy groups -OCH3 is 1. The zero-order chi connectivity index (χ0) is 14.3. The third kappa shape index (κ3) is 5.48. The predicted molar refractivity (Wildman–Crippen MR) is 71.9 cm³/mol. The van der Waals surface area contributed by atoms with Crippen molar-refractivity contribution in [2.75, 3.05) is 19.0 Å². The molecule has 1 aromatic carbocycles. The lowest BCUT2D eigenvalue weighted by Crippen LogP contribution is -2.29. The van der Waals surface area contributed by atoms with E-state index in [0.29, 0.717) is 22.9 Å². The van der Waals surface area contributed by atoms with E-state index in [-0.39, 0.29) is 13.0 Å². The second kappa shape index (κ2) is 7.48. The number of amides is 2. The monoisotopic (exact) mass is 286 g/mol. The first-order chi connectivity index (χ1) is 9.02. The van der Waals surface area contributed by atoms with Crippen molar-refractivity contribution in [2.24, 2.45) is 0 Å². The fourth-order valence-corrected chi connectivity index (χ4v) is 1.56. The third-order valence-corrected chi connectivity index (χ3v) is 2.50. The van der Waals surface area contributed by atoms with Gasteiger partial charge in [0.25, 0.3) is 0 Å². The normalized spacial score (nSPS) is 9.79. The summed E-state index contributed by atoms with van der Waals surface area (Å²) in [6, 6.07) is 4.42. The van der Waals surface area contributed by atoms with Crippen molar-refractivity contribution in [3.05, 3.63) is 23.2 Å². The first-order valence-corrected chi connectivity index (χ1v) is 6.01. The van der Waals surface area contributed by atoms with Gasteiger partial charge >= 0.3 is 12.0 Å². The van der Waals surface area contributed by atoms with E-state index in [9.17, 15) is 9.59 Å². The molecule has 2 amide bonds. The van der Waals surface area contributed by atoms with Crippen LogP contribution in [0.5, 0.6) is 5.75 Å². The fourth-order valence-electron chi connectivity index (χ4n) is 1.39. The van der Waals surface area contributed by atoms with Crippen LogP contribution in [0.2, 0.25) is 5.02 Å². The number of nitrogens with one attached hydrogen (secondary N) is 2. The van der Waals surface area contributed by atoms with Crippen molar-refractivity contribution in [2.45, 2.75) is 12.8 Å². The van der Waals surface area contributed by atoms with Gasteiger partial charge in [-0.3, -0.25) is 4.79 Å². The van der Waals surface area contributed by atoms with E-state index >= 15 is 0 Å². The lowest BCUT2D eigenvalue weighted by molar-refractivity contribution is -0.137. The zero-order valence-corrected chi connectivity index (χ0v) is 11.2. The number of carboxylic acid groups (broad SMARTS) is 1. The van der Waals surface area contributed by atoms with Gasteiger partial charge in [0.2, 0.25) is 0 Å². The van der Waals surface area contributed by atoms with E-state index in [1.165, 1.54) is 7.11 Å². The van der Waals surface area contributed by atoms with Gasteiger partial charge in [0.05, 0.1) is 12.8 Å². The Hall–Kier alpha value is -1.95. The van der Waals surface area contributed by atoms with Gasteiger partial charge in [0.1, 0.15) is 5.75 Å². The van der Waals surface area contributed by atoms with Crippen molar-refractivity contribution >= 4 is 29.3 Å². The Morgan fingerprint density at radius 2 is 2.16 bits per heavy atom. The molecule has 0 atom stereocenters. The minimum absolute atomic E-state index is 0.0146. The minimum Gasteiger partial charge on any atom is -0.495 e. The standard InChI is InChI=1S/C12H15ClN2O4/c1-19-10-5-4-8(13)7-9(10)15-12(18)14-6-2-3-11(16)17/h4-5,7H,2-3,6H2,1H3,(H,16,17)(H2,14,15,18). The summed E-state index contributed by atoms with van der Waals surface area (Å²) in [7, 11) is 1.49. The second-order valence-electron chi connectivity index (χ2n) is 3.72. The average Bonchev–Trinajstić information content (AvgIpc) is 2.35. The lowest BCUT2D eigenvalue weighted by atomic mass is 10.3. The van der Waals surface area contributed by atoms with Crippen LogP contribution in [0.15, 0.2) is 18.2 Å². The van der Waals surface area contributed by atoms with E-state index in [4.69, 9.17) is 21.4 Å². The topological polar surface area (TPSA) is 87.7 Å². The molecular weight excluding hydrogens is 272 g/mol. The number of aliphatic carboxylic acids is 1. The number of anilines is 1. The largest absolute Gasteiger partial charge is 0.495 e. The molecule has 0 saturated carbocycles. The van der Waals surface area contributed by atoms with Crippen LogP contribution in [0.1, 0.15) is 12.8 Å². The van der Waals surface area contributed by atoms with Crippen LogP contribution >= 0.6 is 11.6 Å². The Kier molecular flexibility index (Phi) is 5.95. The van der Waals surface area contributed by atoms with Crippen molar-refractivity contribution in [1.82, 2.24) is 5.32 Å². The van der Waals surface area contributed by atoms with E-state index < -0.39 is 12.0 Å². The highest BCUT2D eigenvalue weighted by atomic mass is 35.5. The number of halogens is 1. The zero-order valence-electron chi connectivity index (χ0n) is 10.4. The molecule has 0 aromatic heterocycles. The highest BCUT2D eigenvalue weighted by Gasteiger charge is 2.07. The summed E-state index contributed by atoms with van der Waals surface area (Å²) in [5.41, 5.74) is 0.450. The van der Waals surface area contributed by atoms with Crippen LogP contribution < -0.4 is 15.4 Å². The summed E-state index contributed by atoms with van der Waals surface area (Å²) in [6.07, 6.45) is 0.385. The molecule has 0 radical (unpaired) electrons. The summed E-state index contributed by atoms with van der Waals surface area (Å²) < 4.78 is 5.08. The van der Waals surface area contributed by atoms with Gasteiger partial charge in [-0.25, -0.2) is 4.79 Å². The molecule has 0 bridgehead atoms. The van der Waals surface area contributed by atoms with Crippen molar-refractivity contribution in [3.63, 3.8) is 0 Å². The van der Waals surface area contributed by atoms with Gasteiger partial charge in [0, 0.05) is 18.0 Å². The number of ether oxygens (including phenoxy) is 1. The molecular formula is C12H15ClN2O4. The van der Waals surface area contributed by atoms with Crippen LogP contribution in [-0.4, -0.2) is 30.8 Å². The van der Waals surface area contributed by atoms with Crippen molar-refractivity contribution in [3.8, 4) is 5.75 Å². The van der Waals surface area contributed by atoms with Crippen LogP contribution in [-0.2, 0) is 4.79 Å². The molecule has 0 aliphatic rings. The quantitative estimate of drug-likeness (QED) is 0.700. The molecule has 3 N–H and O–H groups in total. The number of urea groups is 1. The smallest absolute Gasteiger partial charge is 0.319 e. The summed E-state index contributed by atoms with van der Waals surface area (Å²) in [6.45, 7) is 0.279. The lowest BCUT2D eigenvalue weighted by Gasteiger charge is -2.11. The molecule has 0 aliphatic heterocycles. The molecule has 6 nitrogen and oxygen atoms in total. The molecule has 0 spiro atoms. The van der Waals surface area contributed by atoms with E-state index in [0.717, 1.165) is 0 Å². The molecule has 0 saturated heterocycles. The SMILES string of the molecule is COc1ccc(Cl)cc1NC(=O)NCCCC(=O)O. The second-order valence-corrected chi connectivity index (χ2v) is 4.16. The molecule has 104 valence electrons. The van der Waals surface area contributed by atoms with Crippen LogP contribution in [0.3, 0.4) is 0 Å². The maximum atomic E-state index is 11.6. The van der Waals surface area contributed by atoms with E-state index in [2.05, 4.69) is 10.6 Å². The van der Waals surface area contributed by atoms with Gasteiger partial charge in [-0.2, -0.15) is 0 Å². The van der Waals surface area contributed by atoms with Gasteiger partial charge in [-0.05, 0) is 24.6 Å². The molecule has 1 rings (SSSR count). The van der Waals surface area contributed by atoms with Crippen molar-refractivity contribution < 1.29 is 19.4 Å². The summed E-state index contributed by atoms with van der Waals surface area (Å²) in [4.78, 5) is 21.9. The molecule has 0 aliphatic carbocycles. The summed E-state index contributed by atoms with van der Waals surface area (Å²) in [5, 5.41) is 14.1. The van der Waals surface area contributed by atoms with Crippen LogP contribution in [0.25, 0.3) is 0 Å². The average molecular weight is 287 g/mol. The maximum absolute atomic E-state index is 11.6. The minimum atomic E-state index is -0.890. The number of hydrogen-bond acceptors (Lipinski definition) is 3. The van der Waals surface area contributed by atoms with Gasteiger partial charge in [-0.1, -0.05) is 11.6 Å². The molecule has 0 fully saturated rings. The Morgan fingerprint density at radius 3 is 2.79 bits per heavy atom. The molecule has 0 unspecified atom stereocenters. The molecule has 0 heterocycles. The fraction of sp³-hybridized carbons (Fsp3) is 0.333. The Morgan fingerprint density at radius 1 is 1.42 bits per heavy atom. The van der Waals surface area contributed by atoms with Gasteiger partial charge in [-0.15, -0.1) is 0 Å². The highest BCUT2D eigenvalue weighted by Crippen LogP contribution is 2.27. The number of carbonyl (C=O) groups is 2. The van der Waals surface area contributed by atoms with Crippen LogP contribution in [0.4, 0.5) is 10.5 Å². The number of hydrogen-bond donors (Lipinski definition) is 3. The first-order valence-electron chi connectivity index (χ1n) is 5.63. The van der Waals surface area contributed by atoms with Crippen LogP contribution in [0, 0.1) is 0 Å². The highest BCUT2D eigenvalue weighted by molar-refractivity contribution is 6.31. The summed E-state index contributed by atoms with van der Waals surface area (Å²) in [5.74, 6) is -0.399. The summed E-state index contributed by atoms with van der Waals surface area (Å²) >= 11 is 5.83. The Bertz CT molecular complexity index is 465.